The monoisotopic (exact) mass is 237 g/mol. The van der Waals surface area contributed by atoms with Gasteiger partial charge in [0.2, 0.25) is 0 Å². The fourth-order valence-electron chi connectivity index (χ4n) is 2.06. The Bertz CT molecular complexity index is 436. The van der Waals surface area contributed by atoms with E-state index in [1.807, 2.05) is 4.90 Å². The van der Waals surface area contributed by atoms with Crippen molar-refractivity contribution in [3.05, 3.63) is 27.9 Å². The van der Waals surface area contributed by atoms with E-state index in [9.17, 15) is 15.2 Å². The standard InChI is InChI=1S/C11H15N3O3/c1-8-5-11(12-6-10(8)14(16)17)13-4-2-3-9(15)7-13/h5-6,9,15H,2-4,7H2,1H3. The zero-order valence-electron chi connectivity index (χ0n) is 9.67. The van der Waals surface area contributed by atoms with Crippen LogP contribution in [0.3, 0.4) is 0 Å². The van der Waals surface area contributed by atoms with Gasteiger partial charge in [0.15, 0.2) is 0 Å². The first kappa shape index (κ1) is 11.8. The molecule has 1 saturated heterocycles. The number of β-amino-alcohol motifs (C(OH)–C–C–N with tert-alkyl or cyclic N) is 1. The first-order valence-corrected chi connectivity index (χ1v) is 5.62. The number of aliphatic hydroxyl groups excluding tert-OH is 1. The first-order chi connectivity index (χ1) is 8.08. The third kappa shape index (κ3) is 2.52. The first-order valence-electron chi connectivity index (χ1n) is 5.62. The van der Waals surface area contributed by atoms with E-state index < -0.39 is 4.92 Å². The Morgan fingerprint density at radius 3 is 3.00 bits per heavy atom. The quantitative estimate of drug-likeness (QED) is 0.618. The number of rotatable bonds is 2. The third-order valence-corrected chi connectivity index (χ3v) is 2.99. The van der Waals surface area contributed by atoms with Crippen molar-refractivity contribution in [1.29, 1.82) is 0 Å². The zero-order chi connectivity index (χ0) is 12.4. The Hall–Kier alpha value is -1.69. The van der Waals surface area contributed by atoms with Gasteiger partial charge in [-0.2, -0.15) is 0 Å². The summed E-state index contributed by atoms with van der Waals surface area (Å²) in [4.78, 5) is 16.3. The van der Waals surface area contributed by atoms with E-state index in [1.54, 1.807) is 13.0 Å². The number of nitro groups is 1. The van der Waals surface area contributed by atoms with Gasteiger partial charge in [-0.15, -0.1) is 0 Å². The Morgan fingerprint density at radius 2 is 2.41 bits per heavy atom. The molecule has 0 bridgehead atoms. The molecular weight excluding hydrogens is 222 g/mol. The molecule has 0 aliphatic carbocycles. The average molecular weight is 237 g/mol. The van der Waals surface area contributed by atoms with Crippen LogP contribution in [0.5, 0.6) is 0 Å². The lowest BCUT2D eigenvalue weighted by Gasteiger charge is -2.31. The molecule has 0 radical (unpaired) electrons. The molecule has 1 aromatic heterocycles. The van der Waals surface area contributed by atoms with E-state index in [0.717, 1.165) is 19.4 Å². The maximum Gasteiger partial charge on any atom is 0.290 e. The van der Waals surface area contributed by atoms with Gasteiger partial charge in [0.25, 0.3) is 5.69 Å². The molecule has 1 aliphatic heterocycles. The molecular formula is C11H15N3O3. The molecule has 1 fully saturated rings. The molecule has 2 heterocycles. The maximum atomic E-state index is 10.7. The van der Waals surface area contributed by atoms with Crippen LogP contribution in [0.4, 0.5) is 11.5 Å². The molecule has 17 heavy (non-hydrogen) atoms. The molecule has 0 spiro atoms. The van der Waals surface area contributed by atoms with Gasteiger partial charge in [0, 0.05) is 18.7 Å². The van der Waals surface area contributed by atoms with E-state index >= 15 is 0 Å². The van der Waals surface area contributed by atoms with Crippen LogP contribution < -0.4 is 4.90 Å². The van der Waals surface area contributed by atoms with Crippen LogP contribution in [-0.4, -0.2) is 34.2 Å². The Labute approximate surface area is 99.0 Å². The summed E-state index contributed by atoms with van der Waals surface area (Å²) >= 11 is 0. The lowest BCUT2D eigenvalue weighted by Crippen LogP contribution is -2.38. The minimum atomic E-state index is -0.433. The highest BCUT2D eigenvalue weighted by atomic mass is 16.6. The third-order valence-electron chi connectivity index (χ3n) is 2.99. The van der Waals surface area contributed by atoms with Crippen molar-refractivity contribution >= 4 is 11.5 Å². The summed E-state index contributed by atoms with van der Waals surface area (Å²) in [7, 11) is 0. The highest BCUT2D eigenvalue weighted by Gasteiger charge is 2.20. The van der Waals surface area contributed by atoms with Crippen LogP contribution in [0.2, 0.25) is 0 Å². The number of hydrogen-bond donors (Lipinski definition) is 1. The van der Waals surface area contributed by atoms with Crippen LogP contribution in [0.25, 0.3) is 0 Å². The molecule has 1 aromatic rings. The summed E-state index contributed by atoms with van der Waals surface area (Å²) in [5, 5.41) is 20.2. The van der Waals surface area contributed by atoms with Crippen molar-refractivity contribution in [2.45, 2.75) is 25.9 Å². The van der Waals surface area contributed by atoms with Crippen LogP contribution in [0.1, 0.15) is 18.4 Å². The number of aryl methyl sites for hydroxylation is 1. The van der Waals surface area contributed by atoms with Gasteiger partial charge in [-0.3, -0.25) is 10.1 Å². The van der Waals surface area contributed by atoms with Gasteiger partial charge in [-0.05, 0) is 25.8 Å². The van der Waals surface area contributed by atoms with Crippen molar-refractivity contribution in [2.75, 3.05) is 18.0 Å². The fraction of sp³-hybridized carbons (Fsp3) is 0.545. The maximum absolute atomic E-state index is 10.7. The van der Waals surface area contributed by atoms with Gasteiger partial charge >= 0.3 is 0 Å². The minimum absolute atomic E-state index is 0.0336. The van der Waals surface area contributed by atoms with Gasteiger partial charge in [-0.25, -0.2) is 4.98 Å². The predicted molar refractivity (Wildman–Crippen MR) is 63.1 cm³/mol. The Balaban J connectivity index is 2.22. The summed E-state index contributed by atoms with van der Waals surface area (Å²) in [6, 6.07) is 1.70. The largest absolute Gasteiger partial charge is 0.391 e. The highest BCUT2D eigenvalue weighted by Crippen LogP contribution is 2.23. The normalized spacial score (nSPS) is 20.4. The SMILES string of the molecule is Cc1cc(N2CCCC(O)C2)ncc1[N+](=O)[O-]. The van der Waals surface area contributed by atoms with Crippen molar-refractivity contribution < 1.29 is 10.0 Å². The van der Waals surface area contributed by atoms with Gasteiger partial charge in [0.1, 0.15) is 12.0 Å². The summed E-state index contributed by atoms with van der Waals surface area (Å²) in [6.07, 6.45) is 2.67. The number of aromatic nitrogens is 1. The van der Waals surface area contributed by atoms with Crippen molar-refractivity contribution in [1.82, 2.24) is 4.98 Å². The Morgan fingerprint density at radius 1 is 1.65 bits per heavy atom. The molecule has 92 valence electrons. The second-order valence-electron chi connectivity index (χ2n) is 4.33. The number of nitrogens with zero attached hydrogens (tertiary/aromatic N) is 3. The van der Waals surface area contributed by atoms with E-state index in [4.69, 9.17) is 0 Å². The molecule has 2 rings (SSSR count). The molecule has 1 unspecified atom stereocenters. The molecule has 6 heteroatoms. The topological polar surface area (TPSA) is 79.5 Å². The summed E-state index contributed by atoms with van der Waals surface area (Å²) in [6.45, 7) is 3.08. The lowest BCUT2D eigenvalue weighted by molar-refractivity contribution is -0.385. The Kier molecular flexibility index (Phi) is 3.23. The highest BCUT2D eigenvalue weighted by molar-refractivity contribution is 5.48. The molecule has 1 atom stereocenters. The summed E-state index contributed by atoms with van der Waals surface area (Å²) < 4.78 is 0. The number of aliphatic hydroxyl groups is 1. The molecule has 6 nitrogen and oxygen atoms in total. The van der Waals surface area contributed by atoms with Crippen LogP contribution >= 0.6 is 0 Å². The van der Waals surface area contributed by atoms with Crippen molar-refractivity contribution in [2.24, 2.45) is 0 Å². The molecule has 1 aliphatic rings. The second kappa shape index (κ2) is 4.67. The summed E-state index contributed by atoms with van der Waals surface area (Å²) in [5.74, 6) is 0.701. The molecule has 0 saturated carbocycles. The predicted octanol–water partition coefficient (Wildman–Crippen LogP) is 1.26. The lowest BCUT2D eigenvalue weighted by atomic mass is 10.1. The fourth-order valence-corrected chi connectivity index (χ4v) is 2.06. The molecule has 0 amide bonds. The smallest absolute Gasteiger partial charge is 0.290 e. The zero-order valence-corrected chi connectivity index (χ0v) is 9.67. The van der Waals surface area contributed by atoms with E-state index in [2.05, 4.69) is 4.98 Å². The number of pyridine rings is 1. The van der Waals surface area contributed by atoms with Crippen molar-refractivity contribution in [3.8, 4) is 0 Å². The van der Waals surface area contributed by atoms with Gasteiger partial charge < -0.3 is 10.0 Å². The van der Waals surface area contributed by atoms with E-state index in [1.165, 1.54) is 6.20 Å². The van der Waals surface area contributed by atoms with Crippen LogP contribution in [-0.2, 0) is 0 Å². The van der Waals surface area contributed by atoms with Crippen LogP contribution in [0, 0.1) is 17.0 Å². The minimum Gasteiger partial charge on any atom is -0.391 e. The van der Waals surface area contributed by atoms with E-state index in [-0.39, 0.29) is 11.8 Å². The number of anilines is 1. The van der Waals surface area contributed by atoms with Crippen LogP contribution in [0.15, 0.2) is 12.3 Å². The van der Waals surface area contributed by atoms with Gasteiger partial charge in [-0.1, -0.05) is 0 Å². The number of hydrogen-bond acceptors (Lipinski definition) is 5. The van der Waals surface area contributed by atoms with E-state index in [0.29, 0.717) is 17.9 Å². The van der Waals surface area contributed by atoms with Crippen molar-refractivity contribution in [3.63, 3.8) is 0 Å². The van der Waals surface area contributed by atoms with Gasteiger partial charge in [0.05, 0.1) is 11.0 Å². The second-order valence-corrected chi connectivity index (χ2v) is 4.33. The molecule has 1 N–H and O–H groups in total. The summed E-state index contributed by atoms with van der Waals surface area (Å²) in [5.41, 5.74) is 0.631. The molecule has 0 aromatic carbocycles. The number of piperidine rings is 1. The average Bonchev–Trinajstić information content (AvgIpc) is 2.28.